The van der Waals surface area contributed by atoms with Gasteiger partial charge in [-0.1, -0.05) is 6.07 Å². The molecule has 0 aromatic heterocycles. The molecule has 0 spiro atoms. The summed E-state index contributed by atoms with van der Waals surface area (Å²) in [7, 11) is 2.94. The van der Waals surface area contributed by atoms with Gasteiger partial charge in [0.05, 0.1) is 11.6 Å². The molecule has 17 heavy (non-hydrogen) atoms. The van der Waals surface area contributed by atoms with Crippen molar-refractivity contribution in [3.05, 3.63) is 28.2 Å². The number of nitrogens with zero attached hydrogens (tertiary/aromatic N) is 1. The maximum absolute atomic E-state index is 11.1. The molecule has 1 aromatic rings. The maximum Gasteiger partial charge on any atom is 0.331 e. The van der Waals surface area contributed by atoms with E-state index in [2.05, 4.69) is 15.9 Å². The monoisotopic (exact) mass is 301 g/mol. The summed E-state index contributed by atoms with van der Waals surface area (Å²) in [6, 6.07) is 3.88. The van der Waals surface area contributed by atoms with E-state index in [0.29, 0.717) is 22.2 Å². The molecule has 5 nitrogen and oxygen atoms in total. The summed E-state index contributed by atoms with van der Waals surface area (Å²) in [6.07, 6.45) is 0.483. The molecule has 1 rings (SSSR count). The Balaban J connectivity index is 3.15. The molecule has 0 heterocycles. The Kier molecular flexibility index (Phi) is 4.51. The number of benzene rings is 1. The van der Waals surface area contributed by atoms with Crippen LogP contribution in [-0.4, -0.2) is 36.5 Å². The van der Waals surface area contributed by atoms with Crippen LogP contribution in [0.4, 0.5) is 0 Å². The number of likely N-dealkylation sites (N-methyl/N-ethyl adjacent to an activating group) is 1. The van der Waals surface area contributed by atoms with Crippen molar-refractivity contribution in [3.8, 4) is 5.75 Å². The van der Waals surface area contributed by atoms with Gasteiger partial charge in [0.25, 0.3) is 0 Å². The van der Waals surface area contributed by atoms with Crippen LogP contribution in [0, 0.1) is 0 Å². The van der Waals surface area contributed by atoms with E-state index in [1.807, 2.05) is 0 Å². The standard InChI is InChI=1S/C11H12BrNO4/c1-13(6-14)10(11(15)16)7-3-4-9(17-2)8(12)5-7/h3-6,10H,1-2H3,(H,15,16). The van der Waals surface area contributed by atoms with Crippen molar-refractivity contribution in [2.75, 3.05) is 14.2 Å². The van der Waals surface area contributed by atoms with Gasteiger partial charge in [-0.25, -0.2) is 4.79 Å². The fraction of sp³-hybridized carbons (Fsp3) is 0.273. The molecule has 0 saturated carbocycles. The van der Waals surface area contributed by atoms with Crippen LogP contribution in [0.2, 0.25) is 0 Å². The van der Waals surface area contributed by atoms with Crippen molar-refractivity contribution >= 4 is 28.3 Å². The van der Waals surface area contributed by atoms with E-state index in [1.165, 1.54) is 14.2 Å². The van der Waals surface area contributed by atoms with Gasteiger partial charge in [-0.2, -0.15) is 0 Å². The lowest BCUT2D eigenvalue weighted by molar-refractivity contribution is -0.145. The number of carboxylic acids is 1. The number of carbonyl (C=O) groups is 2. The molecule has 0 radical (unpaired) electrons. The molecule has 6 heteroatoms. The van der Waals surface area contributed by atoms with Crippen LogP contribution in [0.25, 0.3) is 0 Å². The van der Waals surface area contributed by atoms with Crippen molar-refractivity contribution < 1.29 is 19.4 Å². The van der Waals surface area contributed by atoms with Gasteiger partial charge in [0, 0.05) is 7.05 Å². The molecule has 0 aliphatic rings. The Morgan fingerprint density at radius 2 is 2.24 bits per heavy atom. The number of carbonyl (C=O) groups excluding carboxylic acids is 1. The average Bonchev–Trinajstić information content (AvgIpc) is 2.28. The summed E-state index contributed by atoms with van der Waals surface area (Å²) >= 11 is 3.27. The molecule has 0 bridgehead atoms. The first-order chi connectivity index (χ1) is 8.01. The predicted molar refractivity (Wildman–Crippen MR) is 64.9 cm³/mol. The SMILES string of the molecule is COc1ccc(C(C(=O)O)N(C)C=O)cc1Br. The molecule has 0 aliphatic heterocycles. The van der Waals surface area contributed by atoms with Gasteiger partial charge >= 0.3 is 5.97 Å². The average molecular weight is 302 g/mol. The summed E-state index contributed by atoms with van der Waals surface area (Å²) in [5, 5.41) is 9.10. The van der Waals surface area contributed by atoms with Crippen LogP contribution in [-0.2, 0) is 9.59 Å². The molecule has 1 unspecified atom stereocenters. The van der Waals surface area contributed by atoms with Crippen LogP contribution in [0.15, 0.2) is 22.7 Å². The fourth-order valence-corrected chi connectivity index (χ4v) is 2.02. The summed E-state index contributed by atoms with van der Waals surface area (Å²) in [4.78, 5) is 22.9. The molecular formula is C11H12BrNO4. The lowest BCUT2D eigenvalue weighted by Gasteiger charge is -2.21. The van der Waals surface area contributed by atoms with Crippen LogP contribution in [0.1, 0.15) is 11.6 Å². The Morgan fingerprint density at radius 3 is 2.65 bits per heavy atom. The second kappa shape index (κ2) is 5.67. The van der Waals surface area contributed by atoms with Crippen LogP contribution >= 0.6 is 15.9 Å². The van der Waals surface area contributed by atoms with Crippen molar-refractivity contribution in [2.24, 2.45) is 0 Å². The molecule has 1 amide bonds. The van der Waals surface area contributed by atoms with E-state index in [4.69, 9.17) is 9.84 Å². The van der Waals surface area contributed by atoms with Crippen molar-refractivity contribution in [3.63, 3.8) is 0 Å². The number of rotatable bonds is 5. The van der Waals surface area contributed by atoms with Crippen LogP contribution in [0.5, 0.6) is 5.75 Å². The molecule has 0 aliphatic carbocycles. The van der Waals surface area contributed by atoms with Gasteiger partial charge in [-0.3, -0.25) is 4.79 Å². The lowest BCUT2D eigenvalue weighted by atomic mass is 10.1. The summed E-state index contributed by atoms with van der Waals surface area (Å²) < 4.78 is 5.69. The Labute approximate surface area is 107 Å². The number of halogens is 1. The normalized spacial score (nSPS) is 11.7. The molecule has 92 valence electrons. The van der Waals surface area contributed by atoms with E-state index in [9.17, 15) is 9.59 Å². The molecule has 0 saturated heterocycles. The minimum Gasteiger partial charge on any atom is -0.496 e. The third kappa shape index (κ3) is 2.97. The highest BCUT2D eigenvalue weighted by Crippen LogP contribution is 2.29. The largest absolute Gasteiger partial charge is 0.496 e. The van der Waals surface area contributed by atoms with E-state index in [0.717, 1.165) is 4.90 Å². The van der Waals surface area contributed by atoms with Gasteiger partial charge in [-0.15, -0.1) is 0 Å². The van der Waals surface area contributed by atoms with Crippen molar-refractivity contribution in [2.45, 2.75) is 6.04 Å². The van der Waals surface area contributed by atoms with Gasteiger partial charge in [0.1, 0.15) is 5.75 Å². The van der Waals surface area contributed by atoms with Crippen LogP contribution < -0.4 is 4.74 Å². The fourth-order valence-electron chi connectivity index (χ4n) is 1.47. The zero-order valence-electron chi connectivity index (χ0n) is 9.38. The molecule has 1 N–H and O–H groups in total. The number of carboxylic acid groups (broad SMARTS) is 1. The second-order valence-corrected chi connectivity index (χ2v) is 4.26. The maximum atomic E-state index is 11.1. The molecule has 0 fully saturated rings. The third-order valence-corrected chi connectivity index (χ3v) is 2.92. The first-order valence-corrected chi connectivity index (χ1v) is 5.54. The van der Waals surface area contributed by atoms with E-state index in [1.54, 1.807) is 18.2 Å². The smallest absolute Gasteiger partial charge is 0.331 e. The topological polar surface area (TPSA) is 66.8 Å². The number of ether oxygens (including phenoxy) is 1. The van der Waals surface area contributed by atoms with Gasteiger partial charge < -0.3 is 14.7 Å². The van der Waals surface area contributed by atoms with Crippen LogP contribution in [0.3, 0.4) is 0 Å². The number of methoxy groups -OCH3 is 1. The van der Waals surface area contributed by atoms with Gasteiger partial charge in [0.2, 0.25) is 6.41 Å². The Bertz CT molecular complexity index is 435. The third-order valence-electron chi connectivity index (χ3n) is 2.30. The number of hydrogen-bond donors (Lipinski definition) is 1. The first kappa shape index (κ1) is 13.5. The Morgan fingerprint density at radius 1 is 1.59 bits per heavy atom. The zero-order chi connectivity index (χ0) is 13.0. The molecule has 1 atom stereocenters. The first-order valence-electron chi connectivity index (χ1n) is 4.74. The van der Waals surface area contributed by atoms with E-state index < -0.39 is 12.0 Å². The second-order valence-electron chi connectivity index (χ2n) is 3.41. The number of hydrogen-bond acceptors (Lipinski definition) is 3. The highest BCUT2D eigenvalue weighted by atomic mass is 79.9. The highest BCUT2D eigenvalue weighted by molar-refractivity contribution is 9.10. The number of amides is 1. The van der Waals surface area contributed by atoms with Gasteiger partial charge in [-0.05, 0) is 33.6 Å². The van der Waals surface area contributed by atoms with Crippen molar-refractivity contribution in [1.82, 2.24) is 4.90 Å². The van der Waals surface area contributed by atoms with E-state index >= 15 is 0 Å². The minimum absolute atomic E-state index is 0.483. The zero-order valence-corrected chi connectivity index (χ0v) is 11.0. The summed E-state index contributed by atoms with van der Waals surface area (Å²) in [5.74, 6) is -0.483. The van der Waals surface area contributed by atoms with E-state index in [-0.39, 0.29) is 0 Å². The quantitative estimate of drug-likeness (QED) is 0.840. The Hall–Kier alpha value is -1.56. The predicted octanol–water partition coefficient (Wildman–Crippen LogP) is 1.67. The minimum atomic E-state index is -1.09. The summed E-state index contributed by atoms with van der Waals surface area (Å²) in [6.45, 7) is 0. The van der Waals surface area contributed by atoms with Crippen molar-refractivity contribution in [1.29, 1.82) is 0 Å². The molecular weight excluding hydrogens is 290 g/mol. The summed E-state index contributed by atoms with van der Waals surface area (Å²) in [5.41, 5.74) is 0.500. The molecule has 1 aromatic carbocycles. The highest BCUT2D eigenvalue weighted by Gasteiger charge is 2.24. The van der Waals surface area contributed by atoms with Gasteiger partial charge in [0.15, 0.2) is 6.04 Å². The lowest BCUT2D eigenvalue weighted by Crippen LogP contribution is -2.29. The number of aliphatic carboxylic acids is 1.